The predicted octanol–water partition coefficient (Wildman–Crippen LogP) is 4.75. The standard InChI is InChI=1S/C16H17BrFN/c1-11(2)19-10-14-4-3-13(9-16(14)18)12-5-7-15(17)8-6-12/h3-9,11,19H,10H2,1-2H3. The molecule has 1 N–H and O–H groups in total. The first kappa shape index (κ1) is 14.2. The van der Waals surface area contributed by atoms with E-state index in [2.05, 4.69) is 21.2 Å². The Balaban J connectivity index is 2.21. The van der Waals surface area contributed by atoms with Gasteiger partial charge in [0.25, 0.3) is 0 Å². The van der Waals surface area contributed by atoms with E-state index in [0.717, 1.165) is 15.6 Å². The topological polar surface area (TPSA) is 12.0 Å². The van der Waals surface area contributed by atoms with Crippen LogP contribution in [0.5, 0.6) is 0 Å². The Morgan fingerprint density at radius 3 is 2.26 bits per heavy atom. The van der Waals surface area contributed by atoms with Gasteiger partial charge >= 0.3 is 0 Å². The molecule has 0 fully saturated rings. The summed E-state index contributed by atoms with van der Waals surface area (Å²) in [5.74, 6) is -0.159. The maximum Gasteiger partial charge on any atom is 0.128 e. The van der Waals surface area contributed by atoms with E-state index in [1.807, 2.05) is 50.2 Å². The van der Waals surface area contributed by atoms with Crippen LogP contribution in [-0.2, 0) is 6.54 Å². The normalized spacial score (nSPS) is 11.0. The van der Waals surface area contributed by atoms with Crippen molar-refractivity contribution in [3.05, 3.63) is 58.3 Å². The Kier molecular flexibility index (Phi) is 4.72. The first-order chi connectivity index (χ1) is 9.06. The molecule has 0 aliphatic rings. The average Bonchev–Trinajstić information content (AvgIpc) is 2.38. The molecule has 2 rings (SSSR count). The molecule has 0 unspecified atom stereocenters. The second-order valence-corrected chi connectivity index (χ2v) is 5.76. The van der Waals surface area contributed by atoms with Crippen molar-refractivity contribution in [2.24, 2.45) is 0 Å². The molecule has 0 aliphatic heterocycles. The van der Waals surface area contributed by atoms with Gasteiger partial charge in [-0.25, -0.2) is 4.39 Å². The molecule has 0 atom stereocenters. The zero-order valence-corrected chi connectivity index (χ0v) is 12.7. The second kappa shape index (κ2) is 6.31. The number of benzene rings is 2. The highest BCUT2D eigenvalue weighted by molar-refractivity contribution is 9.10. The van der Waals surface area contributed by atoms with Crippen LogP contribution in [0.2, 0.25) is 0 Å². The fraction of sp³-hybridized carbons (Fsp3) is 0.250. The van der Waals surface area contributed by atoms with Gasteiger partial charge in [-0.3, -0.25) is 0 Å². The number of hydrogen-bond acceptors (Lipinski definition) is 1. The fourth-order valence-electron chi connectivity index (χ4n) is 1.83. The van der Waals surface area contributed by atoms with E-state index >= 15 is 0 Å². The van der Waals surface area contributed by atoms with Gasteiger partial charge in [0.1, 0.15) is 5.82 Å². The van der Waals surface area contributed by atoms with E-state index in [1.54, 1.807) is 6.07 Å². The third-order valence-electron chi connectivity index (χ3n) is 2.93. The molecule has 0 saturated carbocycles. The smallest absolute Gasteiger partial charge is 0.128 e. The van der Waals surface area contributed by atoms with Gasteiger partial charge in [-0.15, -0.1) is 0 Å². The van der Waals surface area contributed by atoms with E-state index < -0.39 is 0 Å². The summed E-state index contributed by atoms with van der Waals surface area (Å²) in [7, 11) is 0. The number of nitrogens with one attached hydrogen (secondary N) is 1. The molecule has 0 saturated heterocycles. The lowest BCUT2D eigenvalue weighted by molar-refractivity contribution is 0.553. The number of hydrogen-bond donors (Lipinski definition) is 1. The lowest BCUT2D eigenvalue weighted by Gasteiger charge is -2.10. The van der Waals surface area contributed by atoms with Crippen molar-refractivity contribution < 1.29 is 4.39 Å². The lowest BCUT2D eigenvalue weighted by atomic mass is 10.0. The summed E-state index contributed by atoms with van der Waals surface area (Å²) in [4.78, 5) is 0. The molecule has 0 bridgehead atoms. The third-order valence-corrected chi connectivity index (χ3v) is 3.46. The monoisotopic (exact) mass is 321 g/mol. The van der Waals surface area contributed by atoms with Gasteiger partial charge in [0.2, 0.25) is 0 Å². The molecule has 0 radical (unpaired) electrons. The van der Waals surface area contributed by atoms with E-state index in [1.165, 1.54) is 0 Å². The second-order valence-electron chi connectivity index (χ2n) is 4.85. The highest BCUT2D eigenvalue weighted by atomic mass is 79.9. The molecule has 0 amide bonds. The van der Waals surface area contributed by atoms with Crippen molar-refractivity contribution >= 4 is 15.9 Å². The van der Waals surface area contributed by atoms with E-state index in [9.17, 15) is 4.39 Å². The van der Waals surface area contributed by atoms with Crippen molar-refractivity contribution in [2.45, 2.75) is 26.4 Å². The first-order valence-electron chi connectivity index (χ1n) is 6.34. The van der Waals surface area contributed by atoms with Crippen molar-refractivity contribution in [1.82, 2.24) is 5.32 Å². The van der Waals surface area contributed by atoms with Crippen LogP contribution in [0.4, 0.5) is 4.39 Å². The summed E-state index contributed by atoms with van der Waals surface area (Å²) >= 11 is 3.40. The Morgan fingerprint density at radius 1 is 1.05 bits per heavy atom. The minimum absolute atomic E-state index is 0.159. The molecule has 100 valence electrons. The van der Waals surface area contributed by atoms with Crippen LogP contribution in [0.3, 0.4) is 0 Å². The Hall–Kier alpha value is -1.19. The van der Waals surface area contributed by atoms with Crippen LogP contribution < -0.4 is 5.32 Å². The van der Waals surface area contributed by atoms with Crippen LogP contribution in [0, 0.1) is 5.82 Å². The average molecular weight is 322 g/mol. The quantitative estimate of drug-likeness (QED) is 0.856. The fourth-order valence-corrected chi connectivity index (χ4v) is 2.09. The molecule has 1 nitrogen and oxygen atoms in total. The molecule has 2 aromatic rings. The molecular weight excluding hydrogens is 305 g/mol. The van der Waals surface area contributed by atoms with Crippen LogP contribution >= 0.6 is 15.9 Å². The van der Waals surface area contributed by atoms with Gasteiger partial charge in [0, 0.05) is 22.6 Å². The zero-order valence-electron chi connectivity index (χ0n) is 11.1. The Morgan fingerprint density at radius 2 is 1.68 bits per heavy atom. The van der Waals surface area contributed by atoms with Crippen molar-refractivity contribution in [2.75, 3.05) is 0 Å². The maximum absolute atomic E-state index is 14.0. The van der Waals surface area contributed by atoms with Crippen molar-refractivity contribution in [3.63, 3.8) is 0 Å². The number of rotatable bonds is 4. The van der Waals surface area contributed by atoms with E-state index in [0.29, 0.717) is 18.2 Å². The van der Waals surface area contributed by atoms with Crippen LogP contribution in [-0.4, -0.2) is 6.04 Å². The van der Waals surface area contributed by atoms with Crippen LogP contribution in [0.1, 0.15) is 19.4 Å². The molecule has 2 aromatic carbocycles. The largest absolute Gasteiger partial charge is 0.310 e. The Labute approximate surface area is 122 Å². The zero-order chi connectivity index (χ0) is 13.8. The van der Waals surface area contributed by atoms with Gasteiger partial charge in [-0.2, -0.15) is 0 Å². The minimum atomic E-state index is -0.159. The molecule has 0 heterocycles. The van der Waals surface area contributed by atoms with Crippen LogP contribution in [0.15, 0.2) is 46.9 Å². The van der Waals surface area contributed by atoms with Crippen molar-refractivity contribution in [3.8, 4) is 11.1 Å². The highest BCUT2D eigenvalue weighted by Crippen LogP contribution is 2.23. The predicted molar refractivity (Wildman–Crippen MR) is 81.5 cm³/mol. The van der Waals surface area contributed by atoms with E-state index in [4.69, 9.17) is 0 Å². The molecule has 19 heavy (non-hydrogen) atoms. The van der Waals surface area contributed by atoms with Gasteiger partial charge in [0.15, 0.2) is 0 Å². The maximum atomic E-state index is 14.0. The summed E-state index contributed by atoms with van der Waals surface area (Å²) in [5, 5.41) is 3.22. The minimum Gasteiger partial charge on any atom is -0.310 e. The molecule has 0 spiro atoms. The van der Waals surface area contributed by atoms with E-state index in [-0.39, 0.29) is 5.82 Å². The summed E-state index contributed by atoms with van der Waals surface area (Å²) in [6.07, 6.45) is 0. The lowest BCUT2D eigenvalue weighted by Crippen LogP contribution is -2.22. The van der Waals surface area contributed by atoms with Gasteiger partial charge in [-0.05, 0) is 29.3 Å². The summed E-state index contributed by atoms with van der Waals surface area (Å²) in [6, 6.07) is 13.6. The van der Waals surface area contributed by atoms with Crippen LogP contribution in [0.25, 0.3) is 11.1 Å². The third kappa shape index (κ3) is 3.88. The molecule has 0 aromatic heterocycles. The summed E-state index contributed by atoms with van der Waals surface area (Å²) < 4.78 is 15.0. The SMILES string of the molecule is CC(C)NCc1ccc(-c2ccc(Br)cc2)cc1F. The van der Waals surface area contributed by atoms with Gasteiger partial charge in [-0.1, -0.05) is 54.0 Å². The molecular formula is C16H17BrFN. The molecule has 3 heteroatoms. The van der Waals surface area contributed by atoms with Crippen molar-refractivity contribution in [1.29, 1.82) is 0 Å². The van der Waals surface area contributed by atoms with Gasteiger partial charge in [0.05, 0.1) is 0 Å². The Bertz CT molecular complexity index is 549. The molecule has 0 aliphatic carbocycles. The highest BCUT2D eigenvalue weighted by Gasteiger charge is 2.05. The van der Waals surface area contributed by atoms with Gasteiger partial charge < -0.3 is 5.32 Å². The number of halogens is 2. The first-order valence-corrected chi connectivity index (χ1v) is 7.13. The summed E-state index contributed by atoms with van der Waals surface area (Å²) in [6.45, 7) is 4.66. The summed E-state index contributed by atoms with van der Waals surface area (Å²) in [5.41, 5.74) is 2.62.